The third-order valence-corrected chi connectivity index (χ3v) is 4.67. The van der Waals surface area contributed by atoms with Crippen LogP contribution in [0.4, 0.5) is 0 Å². The van der Waals surface area contributed by atoms with Gasteiger partial charge in [0.1, 0.15) is 11.5 Å². The molecule has 2 nitrogen and oxygen atoms in total. The van der Waals surface area contributed by atoms with Crippen LogP contribution in [-0.4, -0.2) is 4.98 Å². The molecule has 0 bridgehead atoms. The number of benzene rings is 3. The predicted molar refractivity (Wildman–Crippen MR) is 108 cm³/mol. The van der Waals surface area contributed by atoms with E-state index in [2.05, 4.69) is 23.2 Å². The number of fused-ring (bicyclic) bond motifs is 3. The molecule has 0 amide bonds. The van der Waals surface area contributed by atoms with Gasteiger partial charge in [0.15, 0.2) is 0 Å². The molecule has 2 heteroatoms. The van der Waals surface area contributed by atoms with Crippen molar-refractivity contribution in [1.82, 2.24) is 4.98 Å². The molecular weight excluding hydrogens is 318 g/mol. The standard InChI is InChI=1S/C24H21NO/c1-24(2,3)14-15-10-18-8-9-25-23-19-12-16-6-4-5-7-17(16)13-20(19)26-21(11-15)22(18)23/h4-13H,14H2,1-3H3/i14D2. The number of hydrogen-bond acceptors (Lipinski definition) is 2. The molecule has 0 saturated heterocycles. The largest absolute Gasteiger partial charge is 0.456 e. The van der Waals surface area contributed by atoms with Gasteiger partial charge in [0, 0.05) is 14.5 Å². The van der Waals surface area contributed by atoms with Crippen molar-refractivity contribution in [3.8, 4) is 22.8 Å². The summed E-state index contributed by atoms with van der Waals surface area (Å²) in [4.78, 5) is 4.65. The number of hydrogen-bond donors (Lipinski definition) is 0. The lowest BCUT2D eigenvalue weighted by Gasteiger charge is -2.24. The number of rotatable bonds is 1. The molecule has 0 atom stereocenters. The highest BCUT2D eigenvalue weighted by Gasteiger charge is 2.23. The molecule has 1 aliphatic heterocycles. The zero-order valence-electron chi connectivity index (χ0n) is 17.1. The van der Waals surface area contributed by atoms with Gasteiger partial charge in [0.05, 0.1) is 11.1 Å². The minimum Gasteiger partial charge on any atom is -0.456 e. The zero-order chi connectivity index (χ0) is 19.7. The van der Waals surface area contributed by atoms with Crippen LogP contribution in [0.15, 0.2) is 60.8 Å². The van der Waals surface area contributed by atoms with Crippen LogP contribution in [0.3, 0.4) is 0 Å². The van der Waals surface area contributed by atoms with E-state index in [1.807, 2.05) is 57.2 Å². The van der Waals surface area contributed by atoms with Crippen LogP contribution in [-0.2, 0) is 6.37 Å². The Morgan fingerprint density at radius 2 is 1.69 bits per heavy atom. The van der Waals surface area contributed by atoms with Crippen LogP contribution in [0, 0.1) is 5.41 Å². The SMILES string of the molecule is [2H]C([2H])(c1cc2c3c(nccc3c1)-c1cc3ccccc3cc1O2)C(C)(C)C. The first-order valence-electron chi connectivity index (χ1n) is 9.90. The minimum absolute atomic E-state index is 0.536. The number of pyridine rings is 1. The van der Waals surface area contributed by atoms with Crippen LogP contribution in [0.25, 0.3) is 32.8 Å². The van der Waals surface area contributed by atoms with Crippen molar-refractivity contribution in [2.45, 2.75) is 27.1 Å². The Labute approximate surface area is 156 Å². The van der Waals surface area contributed by atoms with Gasteiger partial charge in [-0.15, -0.1) is 0 Å². The van der Waals surface area contributed by atoms with E-state index in [-0.39, 0.29) is 0 Å². The first-order valence-corrected chi connectivity index (χ1v) is 8.90. The Morgan fingerprint density at radius 3 is 2.46 bits per heavy atom. The van der Waals surface area contributed by atoms with E-state index < -0.39 is 11.8 Å². The smallest absolute Gasteiger partial charge is 0.137 e. The van der Waals surface area contributed by atoms with Crippen molar-refractivity contribution in [3.63, 3.8) is 0 Å². The quantitative estimate of drug-likeness (QED) is 0.336. The summed E-state index contributed by atoms with van der Waals surface area (Å²) in [5, 5.41) is 4.15. The van der Waals surface area contributed by atoms with E-state index in [1.165, 1.54) is 0 Å². The molecule has 5 rings (SSSR count). The van der Waals surface area contributed by atoms with Crippen LogP contribution < -0.4 is 4.74 Å². The molecule has 3 aromatic carbocycles. The van der Waals surface area contributed by atoms with E-state index in [0.29, 0.717) is 11.3 Å². The van der Waals surface area contributed by atoms with Crippen molar-refractivity contribution in [2.24, 2.45) is 5.41 Å². The molecule has 0 fully saturated rings. The molecule has 0 radical (unpaired) electrons. The van der Waals surface area contributed by atoms with Gasteiger partial charge in [-0.3, -0.25) is 4.98 Å². The second kappa shape index (κ2) is 5.31. The summed E-state index contributed by atoms with van der Waals surface area (Å²) in [5.74, 6) is 1.44. The Hall–Kier alpha value is -2.87. The summed E-state index contributed by atoms with van der Waals surface area (Å²) in [6.07, 6.45) is 0.302. The van der Waals surface area contributed by atoms with E-state index in [9.17, 15) is 0 Å². The van der Waals surface area contributed by atoms with Crippen molar-refractivity contribution < 1.29 is 7.48 Å². The lowest BCUT2D eigenvalue weighted by molar-refractivity contribution is 0.410. The van der Waals surface area contributed by atoms with E-state index in [0.717, 1.165) is 38.6 Å². The lowest BCUT2D eigenvalue weighted by atomic mass is 9.86. The van der Waals surface area contributed by atoms with Gasteiger partial charge in [-0.1, -0.05) is 51.1 Å². The normalized spacial score (nSPS) is 14.6. The van der Waals surface area contributed by atoms with Gasteiger partial charge in [0.25, 0.3) is 0 Å². The van der Waals surface area contributed by atoms with E-state index in [4.69, 9.17) is 7.48 Å². The molecule has 1 aromatic heterocycles. The van der Waals surface area contributed by atoms with E-state index in [1.54, 1.807) is 6.20 Å². The average Bonchev–Trinajstić information content (AvgIpc) is 2.66. The van der Waals surface area contributed by atoms with Crippen LogP contribution in [0.1, 0.15) is 29.1 Å². The van der Waals surface area contributed by atoms with Gasteiger partial charge in [-0.25, -0.2) is 0 Å². The molecule has 128 valence electrons. The Morgan fingerprint density at radius 1 is 0.923 bits per heavy atom. The number of ether oxygens (including phenoxy) is 1. The van der Waals surface area contributed by atoms with Crippen molar-refractivity contribution in [1.29, 1.82) is 0 Å². The summed E-state index contributed by atoms with van der Waals surface area (Å²) in [7, 11) is 0. The first-order chi connectivity index (χ1) is 13.3. The van der Waals surface area contributed by atoms with Crippen molar-refractivity contribution in [2.75, 3.05) is 0 Å². The summed E-state index contributed by atoms with van der Waals surface area (Å²) in [5.41, 5.74) is 1.96. The summed E-state index contributed by atoms with van der Waals surface area (Å²) in [6, 6.07) is 18.1. The topological polar surface area (TPSA) is 22.1 Å². The highest BCUT2D eigenvalue weighted by molar-refractivity contribution is 6.04. The molecular formula is C24H21NO. The molecule has 26 heavy (non-hydrogen) atoms. The fourth-order valence-electron chi connectivity index (χ4n) is 3.68. The number of nitrogens with zero attached hydrogens (tertiary/aromatic N) is 1. The maximum absolute atomic E-state index is 8.69. The Kier molecular flexibility index (Phi) is 2.73. The summed E-state index contributed by atoms with van der Waals surface area (Å²) in [6.45, 7) is 5.76. The minimum atomic E-state index is -1.49. The van der Waals surface area contributed by atoms with Gasteiger partial charge in [-0.2, -0.15) is 0 Å². The molecule has 2 heterocycles. The molecule has 0 N–H and O–H groups in total. The third-order valence-electron chi connectivity index (χ3n) is 4.67. The summed E-state index contributed by atoms with van der Waals surface area (Å²) < 4.78 is 23.7. The fraction of sp³-hybridized carbons (Fsp3) is 0.208. The zero-order valence-corrected chi connectivity index (χ0v) is 15.1. The predicted octanol–water partition coefficient (Wildman–Crippen LogP) is 6.75. The van der Waals surface area contributed by atoms with E-state index >= 15 is 0 Å². The molecule has 4 aromatic rings. The molecule has 1 aliphatic rings. The number of aromatic nitrogens is 1. The maximum atomic E-state index is 8.69. The highest BCUT2D eigenvalue weighted by atomic mass is 16.5. The molecule has 0 unspecified atom stereocenters. The second-order valence-corrected chi connectivity index (χ2v) is 7.90. The lowest BCUT2D eigenvalue weighted by Crippen LogP contribution is -2.09. The van der Waals surface area contributed by atoms with Gasteiger partial charge in [-0.05, 0) is 57.8 Å². The van der Waals surface area contributed by atoms with Gasteiger partial charge < -0.3 is 4.74 Å². The maximum Gasteiger partial charge on any atom is 0.137 e. The first kappa shape index (κ1) is 13.3. The van der Waals surface area contributed by atoms with Crippen molar-refractivity contribution in [3.05, 3.63) is 66.4 Å². The Bertz CT molecular complexity index is 1250. The summed E-state index contributed by atoms with van der Waals surface area (Å²) >= 11 is 0. The van der Waals surface area contributed by atoms with Crippen LogP contribution in [0.2, 0.25) is 0 Å². The monoisotopic (exact) mass is 341 g/mol. The molecule has 0 aliphatic carbocycles. The van der Waals surface area contributed by atoms with Gasteiger partial charge >= 0.3 is 0 Å². The average molecular weight is 341 g/mol. The van der Waals surface area contributed by atoms with Crippen LogP contribution in [0.5, 0.6) is 11.5 Å². The Balaban J connectivity index is 1.80. The highest BCUT2D eigenvalue weighted by Crippen LogP contribution is 2.47. The van der Waals surface area contributed by atoms with Gasteiger partial charge in [0.2, 0.25) is 0 Å². The molecule has 0 saturated carbocycles. The molecule has 0 spiro atoms. The third kappa shape index (κ3) is 2.45. The van der Waals surface area contributed by atoms with Crippen LogP contribution >= 0.6 is 0 Å². The van der Waals surface area contributed by atoms with Crippen molar-refractivity contribution >= 4 is 21.5 Å². The second-order valence-electron chi connectivity index (χ2n) is 7.90. The fourth-order valence-corrected chi connectivity index (χ4v) is 3.68.